The molecule has 1 aliphatic heterocycles. The molecule has 1 fully saturated rings. The molecule has 0 radical (unpaired) electrons. The molecular weight excluding hydrogens is 264 g/mol. The number of nitrogens with one attached hydrogen (secondary N) is 1. The van der Waals surface area contributed by atoms with Gasteiger partial charge in [0.2, 0.25) is 0 Å². The largest absolute Gasteiger partial charge is 0.317 e. The van der Waals surface area contributed by atoms with Crippen LogP contribution in [0.3, 0.4) is 0 Å². The van der Waals surface area contributed by atoms with Crippen LogP contribution in [0.15, 0.2) is 24.4 Å². The van der Waals surface area contributed by atoms with Gasteiger partial charge in [0.15, 0.2) is 0 Å². The van der Waals surface area contributed by atoms with Crippen molar-refractivity contribution in [2.24, 2.45) is 0 Å². The summed E-state index contributed by atoms with van der Waals surface area (Å²) >= 11 is 5.37. The lowest BCUT2D eigenvalue weighted by Crippen LogP contribution is -2.33. The maximum absolute atomic E-state index is 8.00. The van der Waals surface area contributed by atoms with Crippen molar-refractivity contribution in [3.63, 3.8) is 0 Å². The number of hydrogen-bond donors (Lipinski definition) is 3. The Balaban J connectivity index is 1.89. The molecule has 0 saturated carbocycles. The SMILES string of the molecule is OOOSCN1CN(c2ccccn2)C(S)N1. The molecule has 7 nitrogen and oxygen atoms in total. The van der Waals surface area contributed by atoms with Crippen molar-refractivity contribution in [3.8, 4) is 0 Å². The van der Waals surface area contributed by atoms with Crippen LogP contribution in [0.25, 0.3) is 0 Å². The lowest BCUT2D eigenvalue weighted by Gasteiger charge is -2.19. The summed E-state index contributed by atoms with van der Waals surface area (Å²) in [7, 11) is 0. The summed E-state index contributed by atoms with van der Waals surface area (Å²) < 4.78 is 4.30. The van der Waals surface area contributed by atoms with Gasteiger partial charge in [-0.2, -0.15) is 0 Å². The van der Waals surface area contributed by atoms with Gasteiger partial charge in [0, 0.05) is 6.20 Å². The number of hydrazine groups is 1. The van der Waals surface area contributed by atoms with E-state index in [0.717, 1.165) is 17.9 Å². The molecule has 1 aromatic rings. The fourth-order valence-electron chi connectivity index (χ4n) is 1.44. The van der Waals surface area contributed by atoms with E-state index in [9.17, 15) is 0 Å². The third-order valence-corrected chi connectivity index (χ3v) is 3.12. The monoisotopic (exact) mass is 276 g/mol. The second kappa shape index (κ2) is 6.40. The highest BCUT2D eigenvalue weighted by molar-refractivity contribution is 7.94. The number of hydrogen-bond acceptors (Lipinski definition) is 9. The number of rotatable bonds is 5. The van der Waals surface area contributed by atoms with Gasteiger partial charge in [0.25, 0.3) is 0 Å². The first-order valence-electron chi connectivity index (χ1n) is 4.78. The molecule has 9 heteroatoms. The van der Waals surface area contributed by atoms with Gasteiger partial charge in [-0.15, -0.1) is 17.0 Å². The van der Waals surface area contributed by atoms with E-state index in [1.165, 1.54) is 0 Å². The molecule has 0 bridgehead atoms. The van der Waals surface area contributed by atoms with Crippen LogP contribution < -0.4 is 10.3 Å². The number of pyridine rings is 1. The predicted molar refractivity (Wildman–Crippen MR) is 66.6 cm³/mol. The van der Waals surface area contributed by atoms with E-state index in [-0.39, 0.29) is 5.50 Å². The van der Waals surface area contributed by atoms with Gasteiger partial charge in [-0.05, 0) is 12.1 Å². The maximum Gasteiger partial charge on any atom is 0.140 e. The maximum atomic E-state index is 8.00. The summed E-state index contributed by atoms with van der Waals surface area (Å²) in [5.74, 6) is 1.31. The van der Waals surface area contributed by atoms with E-state index in [0.29, 0.717) is 12.5 Å². The van der Waals surface area contributed by atoms with Crippen molar-refractivity contribution in [2.75, 3.05) is 17.4 Å². The Bertz CT molecular complexity index is 345. The Hall–Kier alpha value is -0.550. The van der Waals surface area contributed by atoms with Crippen LogP contribution in [-0.4, -0.2) is 33.3 Å². The van der Waals surface area contributed by atoms with Crippen LogP contribution >= 0.6 is 24.7 Å². The number of nitrogens with zero attached hydrogens (tertiary/aromatic N) is 3. The Morgan fingerprint density at radius 2 is 2.53 bits per heavy atom. The van der Waals surface area contributed by atoms with Crippen molar-refractivity contribution in [3.05, 3.63) is 24.4 Å². The first-order valence-corrected chi connectivity index (χ1v) is 6.20. The molecule has 1 unspecified atom stereocenters. The van der Waals surface area contributed by atoms with Crippen LogP contribution in [0.4, 0.5) is 5.82 Å². The van der Waals surface area contributed by atoms with E-state index < -0.39 is 0 Å². The summed E-state index contributed by atoms with van der Waals surface area (Å²) in [4.78, 5) is 6.23. The molecular formula is C8H12N4O3S2. The third kappa shape index (κ3) is 3.45. The zero-order valence-electron chi connectivity index (χ0n) is 8.76. The number of aromatic nitrogens is 1. The van der Waals surface area contributed by atoms with Gasteiger partial charge >= 0.3 is 0 Å². The molecule has 1 saturated heterocycles. The van der Waals surface area contributed by atoms with Gasteiger partial charge in [-0.1, -0.05) is 11.1 Å². The van der Waals surface area contributed by atoms with Gasteiger partial charge < -0.3 is 4.90 Å². The third-order valence-electron chi connectivity index (χ3n) is 2.15. The second-order valence-electron chi connectivity index (χ2n) is 3.23. The minimum atomic E-state index is -0.152. The molecule has 1 atom stereocenters. The van der Waals surface area contributed by atoms with E-state index >= 15 is 0 Å². The normalized spacial score (nSPS) is 21.1. The van der Waals surface area contributed by atoms with Crippen LogP contribution in [0.1, 0.15) is 0 Å². The zero-order chi connectivity index (χ0) is 12.1. The lowest BCUT2D eigenvalue weighted by molar-refractivity contribution is -0.432. The lowest BCUT2D eigenvalue weighted by atomic mass is 10.4. The standard InChI is InChI=1S/C8H12N4O3S2/c13-14-15-17-6-11-5-12(8(16)10-11)7-3-1-2-4-9-7/h1-4,8,10,13,16H,5-6H2. The van der Waals surface area contributed by atoms with Crippen molar-refractivity contribution in [1.82, 2.24) is 15.4 Å². The highest BCUT2D eigenvalue weighted by Gasteiger charge is 2.27. The van der Waals surface area contributed by atoms with Crippen molar-refractivity contribution >= 4 is 30.5 Å². The molecule has 0 spiro atoms. The van der Waals surface area contributed by atoms with E-state index in [1.807, 2.05) is 28.1 Å². The Labute approximate surface area is 108 Å². The van der Waals surface area contributed by atoms with Crippen LogP contribution in [0.5, 0.6) is 0 Å². The molecule has 0 amide bonds. The van der Waals surface area contributed by atoms with Crippen LogP contribution in [0, 0.1) is 0 Å². The minimum absolute atomic E-state index is 0.152. The molecule has 17 heavy (non-hydrogen) atoms. The van der Waals surface area contributed by atoms with Crippen LogP contribution in [-0.2, 0) is 9.37 Å². The highest BCUT2D eigenvalue weighted by atomic mass is 32.2. The fraction of sp³-hybridized carbons (Fsp3) is 0.375. The molecule has 2 rings (SSSR count). The fourth-order valence-corrected chi connectivity index (χ4v) is 2.17. The number of thiol groups is 1. The topological polar surface area (TPSA) is 70.1 Å². The van der Waals surface area contributed by atoms with Crippen molar-refractivity contribution in [1.29, 1.82) is 0 Å². The second-order valence-corrected chi connectivity index (χ2v) is 4.35. The summed E-state index contributed by atoms with van der Waals surface area (Å²) in [6.45, 7) is 0.604. The molecule has 94 valence electrons. The zero-order valence-corrected chi connectivity index (χ0v) is 10.5. The summed E-state index contributed by atoms with van der Waals surface area (Å²) in [6.07, 6.45) is 1.73. The van der Waals surface area contributed by atoms with Gasteiger partial charge in [0.1, 0.15) is 11.3 Å². The predicted octanol–water partition coefficient (Wildman–Crippen LogP) is 0.906. The average Bonchev–Trinajstić information content (AvgIpc) is 2.72. The molecule has 1 aromatic heterocycles. The smallest absolute Gasteiger partial charge is 0.140 e. The first kappa shape index (κ1) is 12.9. The van der Waals surface area contributed by atoms with Crippen molar-refractivity contribution < 1.29 is 14.6 Å². The quantitative estimate of drug-likeness (QED) is 0.241. The first-order chi connectivity index (χ1) is 8.31. The summed E-state index contributed by atoms with van der Waals surface area (Å²) in [6, 6.07) is 5.69. The van der Waals surface area contributed by atoms with Gasteiger partial charge in [-0.25, -0.2) is 20.7 Å². The molecule has 2 heterocycles. The van der Waals surface area contributed by atoms with Crippen molar-refractivity contribution in [2.45, 2.75) is 5.50 Å². The van der Waals surface area contributed by atoms with Gasteiger partial charge in [-0.3, -0.25) is 0 Å². The van der Waals surface area contributed by atoms with E-state index in [1.54, 1.807) is 6.20 Å². The van der Waals surface area contributed by atoms with Crippen LogP contribution in [0.2, 0.25) is 0 Å². The van der Waals surface area contributed by atoms with E-state index in [2.05, 4.69) is 32.4 Å². The molecule has 0 aliphatic carbocycles. The Kier molecular flexibility index (Phi) is 4.86. The molecule has 0 aromatic carbocycles. The average molecular weight is 276 g/mol. The highest BCUT2D eigenvalue weighted by Crippen LogP contribution is 2.20. The summed E-state index contributed by atoms with van der Waals surface area (Å²) in [5, 5.41) is 13.4. The minimum Gasteiger partial charge on any atom is -0.317 e. The molecule has 1 aliphatic rings. The Morgan fingerprint density at radius 1 is 1.65 bits per heavy atom. The van der Waals surface area contributed by atoms with Gasteiger partial charge in [0.05, 0.1) is 24.6 Å². The summed E-state index contributed by atoms with van der Waals surface area (Å²) in [5.41, 5.74) is 2.95. The van der Waals surface area contributed by atoms with E-state index in [4.69, 9.17) is 5.26 Å². The Morgan fingerprint density at radius 3 is 3.24 bits per heavy atom. The number of anilines is 1. The molecule has 2 N–H and O–H groups in total.